The molecule has 230 valence electrons. The van der Waals surface area contributed by atoms with Gasteiger partial charge in [-0.25, -0.2) is 8.42 Å². The second-order valence-electron chi connectivity index (χ2n) is 12.4. The number of furan rings is 1. The van der Waals surface area contributed by atoms with E-state index in [1.54, 1.807) is 14.0 Å². The second kappa shape index (κ2) is 13.3. The predicted molar refractivity (Wildman–Crippen MR) is 167 cm³/mol. The lowest BCUT2D eigenvalue weighted by atomic mass is 9.88. The Labute approximate surface area is 250 Å². The SMILES string of the molecule is C=c1oc(-c2ccc(C)cc2)c(C(=O)NC)/c1=C/C(=C(\C)N(CCCC(C)(C)C(=O)OCC(C)C)S(C)(=O)=O)C1CC1. The quantitative estimate of drug-likeness (QED) is 0.334. The van der Waals surface area contributed by atoms with E-state index in [2.05, 4.69) is 11.9 Å². The van der Waals surface area contributed by atoms with Gasteiger partial charge in [0.05, 0.1) is 23.8 Å². The van der Waals surface area contributed by atoms with Crippen LogP contribution in [0.25, 0.3) is 24.0 Å². The van der Waals surface area contributed by atoms with Crippen molar-refractivity contribution in [2.45, 2.75) is 67.2 Å². The topological polar surface area (TPSA) is 106 Å². The largest absolute Gasteiger partial charge is 0.465 e. The number of carbonyl (C=O) groups is 2. The summed E-state index contributed by atoms with van der Waals surface area (Å²) in [5.74, 6) is 0.225. The van der Waals surface area contributed by atoms with E-state index in [4.69, 9.17) is 9.15 Å². The van der Waals surface area contributed by atoms with Crippen molar-refractivity contribution in [1.82, 2.24) is 9.62 Å². The van der Waals surface area contributed by atoms with Gasteiger partial charge in [-0.2, -0.15) is 0 Å². The zero-order valence-corrected chi connectivity index (χ0v) is 27.1. The fraction of sp³-hybridized carbons (Fsp3) is 0.515. The molecule has 1 aromatic carbocycles. The number of benzene rings is 1. The van der Waals surface area contributed by atoms with Gasteiger partial charge in [0.15, 0.2) is 0 Å². The van der Waals surface area contributed by atoms with Gasteiger partial charge in [0.1, 0.15) is 11.2 Å². The van der Waals surface area contributed by atoms with Crippen LogP contribution in [0.15, 0.2) is 40.0 Å². The molecule has 2 aromatic rings. The molecule has 8 nitrogen and oxygen atoms in total. The molecule has 0 atom stereocenters. The Kier molecular flexibility index (Phi) is 10.5. The number of allylic oxidation sites excluding steroid dienone is 2. The summed E-state index contributed by atoms with van der Waals surface area (Å²) < 4.78 is 39.0. The molecule has 3 rings (SSSR count). The maximum absolute atomic E-state index is 13.1. The second-order valence-corrected chi connectivity index (χ2v) is 14.3. The highest BCUT2D eigenvalue weighted by molar-refractivity contribution is 7.88. The lowest BCUT2D eigenvalue weighted by Crippen LogP contribution is -2.33. The van der Waals surface area contributed by atoms with Crippen molar-refractivity contribution < 1.29 is 27.2 Å². The molecule has 0 saturated heterocycles. The minimum atomic E-state index is -3.63. The van der Waals surface area contributed by atoms with Crippen LogP contribution in [-0.4, -0.2) is 51.1 Å². The number of amides is 1. The van der Waals surface area contributed by atoms with Crippen molar-refractivity contribution in [2.75, 3.05) is 26.5 Å². The number of ether oxygens (including phenoxy) is 1. The first-order valence-electron chi connectivity index (χ1n) is 14.5. The van der Waals surface area contributed by atoms with E-state index in [9.17, 15) is 18.0 Å². The third-order valence-electron chi connectivity index (χ3n) is 7.56. The van der Waals surface area contributed by atoms with Gasteiger partial charge >= 0.3 is 5.97 Å². The molecule has 1 aliphatic carbocycles. The molecule has 1 fully saturated rings. The summed E-state index contributed by atoms with van der Waals surface area (Å²) in [6.07, 6.45) is 5.84. The highest BCUT2D eigenvalue weighted by atomic mass is 32.2. The average Bonchev–Trinajstić information content (AvgIpc) is 3.70. The number of sulfonamides is 1. The van der Waals surface area contributed by atoms with Gasteiger partial charge in [-0.3, -0.25) is 13.9 Å². The van der Waals surface area contributed by atoms with E-state index in [1.165, 1.54) is 10.6 Å². The van der Waals surface area contributed by atoms with Crippen molar-refractivity contribution in [1.29, 1.82) is 0 Å². The first-order chi connectivity index (χ1) is 19.6. The Morgan fingerprint density at radius 3 is 2.36 bits per heavy atom. The number of esters is 1. The Morgan fingerprint density at radius 2 is 1.83 bits per heavy atom. The maximum atomic E-state index is 13.1. The molecule has 0 unspecified atom stereocenters. The lowest BCUT2D eigenvalue weighted by molar-refractivity contribution is -0.155. The number of hydrogen-bond donors (Lipinski definition) is 1. The van der Waals surface area contributed by atoms with Crippen LogP contribution in [-0.2, 0) is 19.6 Å². The van der Waals surface area contributed by atoms with Crippen LogP contribution >= 0.6 is 0 Å². The zero-order chi connectivity index (χ0) is 31.4. The highest BCUT2D eigenvalue weighted by Gasteiger charge is 2.33. The third kappa shape index (κ3) is 8.15. The Hall–Kier alpha value is -3.33. The molecule has 9 heteroatoms. The average molecular weight is 599 g/mol. The minimum Gasteiger partial charge on any atom is -0.465 e. The molecule has 1 amide bonds. The molecular weight excluding hydrogens is 552 g/mol. The summed E-state index contributed by atoms with van der Waals surface area (Å²) in [6.45, 7) is 16.1. The van der Waals surface area contributed by atoms with E-state index < -0.39 is 15.4 Å². The van der Waals surface area contributed by atoms with Gasteiger partial charge in [-0.1, -0.05) is 50.3 Å². The summed E-state index contributed by atoms with van der Waals surface area (Å²) in [6, 6.07) is 7.70. The number of nitrogens with one attached hydrogen (secondary N) is 1. The summed E-state index contributed by atoms with van der Waals surface area (Å²) in [5, 5.41) is 3.25. The normalized spacial score (nSPS) is 15.0. The standard InChI is InChI=1S/C33H46N2O6S/c1-21(2)20-40-32(37)33(6,7)17-10-18-35(42(9,38)39)23(4)27(25-15-16-25)19-28-24(5)41-30(29(28)31(36)34-8)26-13-11-22(3)12-14-26/h11-14,19,21,25H,5,10,15-18,20H2,1-4,6-9H3,(H,34,36)/b27-23-,28-19+. The van der Waals surface area contributed by atoms with Crippen molar-refractivity contribution in [3.05, 3.63) is 57.3 Å². The number of rotatable bonds is 13. The van der Waals surface area contributed by atoms with Crippen LogP contribution in [0.1, 0.15) is 76.2 Å². The fourth-order valence-electron chi connectivity index (χ4n) is 4.90. The van der Waals surface area contributed by atoms with Gasteiger partial charge in [0, 0.05) is 30.1 Å². The Morgan fingerprint density at radius 1 is 1.21 bits per heavy atom. The van der Waals surface area contributed by atoms with E-state index in [0.717, 1.165) is 29.5 Å². The number of aryl methyl sites for hydroxylation is 1. The maximum Gasteiger partial charge on any atom is 0.311 e. The summed E-state index contributed by atoms with van der Waals surface area (Å²) in [4.78, 5) is 25.8. The fourth-order valence-corrected chi connectivity index (χ4v) is 5.96. The number of hydrogen-bond acceptors (Lipinski definition) is 6. The molecule has 1 heterocycles. The van der Waals surface area contributed by atoms with Crippen LogP contribution in [0, 0.1) is 24.2 Å². The van der Waals surface area contributed by atoms with E-state index >= 15 is 0 Å². The van der Waals surface area contributed by atoms with Crippen molar-refractivity contribution >= 4 is 34.6 Å². The monoisotopic (exact) mass is 598 g/mol. The number of nitrogens with zero attached hydrogens (tertiary/aromatic N) is 1. The molecule has 1 saturated carbocycles. The predicted octanol–water partition coefficient (Wildman–Crippen LogP) is 4.76. The van der Waals surface area contributed by atoms with Crippen LogP contribution in [0.3, 0.4) is 0 Å². The van der Waals surface area contributed by atoms with E-state index in [1.807, 2.05) is 65.0 Å². The summed E-state index contributed by atoms with van der Waals surface area (Å²) in [7, 11) is -2.06. The highest BCUT2D eigenvalue weighted by Crippen LogP contribution is 2.40. The smallest absolute Gasteiger partial charge is 0.311 e. The number of carbonyl (C=O) groups excluding carboxylic acids is 2. The van der Waals surface area contributed by atoms with Gasteiger partial charge in [0.25, 0.3) is 5.91 Å². The van der Waals surface area contributed by atoms with Gasteiger partial charge < -0.3 is 14.5 Å². The van der Waals surface area contributed by atoms with Gasteiger partial charge in [-0.05, 0) is 76.9 Å². The molecule has 1 aromatic heterocycles. The van der Waals surface area contributed by atoms with Crippen LogP contribution in [0.5, 0.6) is 0 Å². The molecule has 0 bridgehead atoms. The van der Waals surface area contributed by atoms with Crippen molar-refractivity contribution in [3.8, 4) is 11.3 Å². The summed E-state index contributed by atoms with van der Waals surface area (Å²) in [5.41, 5.74) is 3.23. The zero-order valence-electron chi connectivity index (χ0n) is 26.3. The molecular formula is C33H46N2O6S. The molecule has 0 spiro atoms. The van der Waals surface area contributed by atoms with Gasteiger partial charge in [0.2, 0.25) is 10.0 Å². The molecule has 0 aliphatic heterocycles. The van der Waals surface area contributed by atoms with Crippen molar-refractivity contribution in [3.63, 3.8) is 0 Å². The minimum absolute atomic E-state index is 0.159. The van der Waals surface area contributed by atoms with Crippen LogP contribution < -0.4 is 16.0 Å². The third-order valence-corrected chi connectivity index (χ3v) is 8.82. The van der Waals surface area contributed by atoms with Crippen molar-refractivity contribution in [2.24, 2.45) is 17.3 Å². The molecule has 0 radical (unpaired) electrons. The molecule has 1 N–H and O–H groups in total. The van der Waals surface area contributed by atoms with Crippen LogP contribution in [0.2, 0.25) is 0 Å². The summed E-state index contributed by atoms with van der Waals surface area (Å²) >= 11 is 0. The molecule has 42 heavy (non-hydrogen) atoms. The Bertz CT molecular complexity index is 1540. The first kappa shape index (κ1) is 33.2. The van der Waals surface area contributed by atoms with Gasteiger partial charge in [-0.15, -0.1) is 0 Å². The molecule has 1 aliphatic rings. The Balaban J connectivity index is 2.03. The van der Waals surface area contributed by atoms with E-state index in [0.29, 0.717) is 47.1 Å². The lowest BCUT2D eigenvalue weighted by Gasteiger charge is -2.28. The van der Waals surface area contributed by atoms with E-state index in [-0.39, 0.29) is 30.3 Å². The van der Waals surface area contributed by atoms with Crippen LogP contribution in [0.4, 0.5) is 0 Å². The first-order valence-corrected chi connectivity index (χ1v) is 16.4.